The van der Waals surface area contributed by atoms with Gasteiger partial charge >= 0.3 is 0 Å². The fourth-order valence-electron chi connectivity index (χ4n) is 1.96. The van der Waals surface area contributed by atoms with Gasteiger partial charge in [0.05, 0.1) is 5.75 Å². The summed E-state index contributed by atoms with van der Waals surface area (Å²) in [6, 6.07) is 8.06. The van der Waals surface area contributed by atoms with Crippen molar-refractivity contribution in [2.24, 2.45) is 0 Å². The molecule has 23 heavy (non-hydrogen) atoms. The number of halogens is 1. The van der Waals surface area contributed by atoms with E-state index in [0.717, 1.165) is 27.3 Å². The summed E-state index contributed by atoms with van der Waals surface area (Å²) >= 11 is 6.28. The Labute approximate surface area is 152 Å². The first-order valence-electron chi connectivity index (χ1n) is 7.35. The van der Waals surface area contributed by atoms with Crippen molar-refractivity contribution >= 4 is 55.8 Å². The number of thioether (sulfide) groups is 1. The molecule has 2 N–H and O–H groups in total. The number of hydrogen-bond donors (Lipinski definition) is 2. The van der Waals surface area contributed by atoms with Crippen LogP contribution in [0.3, 0.4) is 0 Å². The fourth-order valence-corrected chi connectivity index (χ4v) is 3.94. The number of nitrogens with one attached hydrogen (secondary N) is 2. The molecule has 1 atom stereocenters. The maximum absolute atomic E-state index is 11.8. The van der Waals surface area contributed by atoms with E-state index in [9.17, 15) is 4.79 Å². The molecule has 0 aliphatic heterocycles. The summed E-state index contributed by atoms with van der Waals surface area (Å²) in [7, 11) is 0. The van der Waals surface area contributed by atoms with Crippen molar-refractivity contribution < 1.29 is 4.79 Å². The molecule has 0 radical (unpaired) electrons. The van der Waals surface area contributed by atoms with Gasteiger partial charge in [-0.05, 0) is 31.5 Å². The number of carbonyl (C=O) groups is 1. The molecule has 2 aromatic rings. The average Bonchev–Trinajstić information content (AvgIpc) is 2.93. The largest absolute Gasteiger partial charge is 0.353 e. The second-order valence-electron chi connectivity index (χ2n) is 5.05. The predicted octanol–water partition coefficient (Wildman–Crippen LogP) is 4.44. The van der Waals surface area contributed by atoms with Gasteiger partial charge in [0.25, 0.3) is 0 Å². The highest BCUT2D eigenvalue weighted by molar-refractivity contribution is 9.10. The fraction of sp³-hybridized carbons (Fsp3) is 0.400. The molecule has 1 unspecified atom stereocenters. The minimum atomic E-state index is 0.0349. The number of anilines is 2. The van der Waals surface area contributed by atoms with Gasteiger partial charge in [-0.1, -0.05) is 58.4 Å². The van der Waals surface area contributed by atoms with Crippen molar-refractivity contribution in [1.82, 2.24) is 15.5 Å². The van der Waals surface area contributed by atoms with Crippen LogP contribution in [-0.4, -0.2) is 27.9 Å². The second kappa shape index (κ2) is 9.24. The third-order valence-corrected chi connectivity index (χ3v) is 5.40. The van der Waals surface area contributed by atoms with Crippen LogP contribution in [-0.2, 0) is 4.79 Å². The molecule has 8 heteroatoms. The van der Waals surface area contributed by atoms with E-state index in [1.165, 1.54) is 23.1 Å². The Morgan fingerprint density at radius 2 is 2.26 bits per heavy atom. The Balaban J connectivity index is 1.82. The zero-order valence-electron chi connectivity index (χ0n) is 13.0. The zero-order chi connectivity index (χ0) is 16.7. The molecular weight excluding hydrogens is 396 g/mol. The summed E-state index contributed by atoms with van der Waals surface area (Å²) in [6.45, 7) is 4.13. The van der Waals surface area contributed by atoms with E-state index in [1.807, 2.05) is 31.2 Å². The Bertz CT molecular complexity index is 650. The molecule has 0 aliphatic carbocycles. The number of nitrogens with zero attached hydrogens (tertiary/aromatic N) is 2. The van der Waals surface area contributed by atoms with Crippen LogP contribution in [0.25, 0.3) is 0 Å². The number of rotatable bonds is 8. The SMILES string of the molecule is CCCC(C)NC(=O)CSc1nnc(Nc2cccc(Br)c2)s1. The molecule has 1 heterocycles. The van der Waals surface area contributed by atoms with Crippen LogP contribution in [0.15, 0.2) is 33.1 Å². The lowest BCUT2D eigenvalue weighted by Gasteiger charge is -2.11. The first-order valence-corrected chi connectivity index (χ1v) is 9.94. The van der Waals surface area contributed by atoms with Gasteiger partial charge in [-0.3, -0.25) is 4.79 Å². The minimum absolute atomic E-state index is 0.0349. The standard InChI is InChI=1S/C15H19BrN4OS2/c1-3-5-10(2)17-13(21)9-22-15-20-19-14(23-15)18-12-7-4-6-11(16)8-12/h4,6-8,10H,3,5,9H2,1-2H3,(H,17,21)(H,18,19). The molecule has 0 fully saturated rings. The summed E-state index contributed by atoms with van der Waals surface area (Å²) in [5.74, 6) is 0.396. The van der Waals surface area contributed by atoms with Gasteiger partial charge in [0.1, 0.15) is 0 Å². The van der Waals surface area contributed by atoms with Gasteiger partial charge in [-0.2, -0.15) is 0 Å². The predicted molar refractivity (Wildman–Crippen MR) is 101 cm³/mol. The summed E-state index contributed by atoms with van der Waals surface area (Å²) in [6.07, 6.45) is 2.06. The smallest absolute Gasteiger partial charge is 0.230 e. The van der Waals surface area contributed by atoms with Gasteiger partial charge in [0.2, 0.25) is 11.0 Å². The second-order valence-corrected chi connectivity index (χ2v) is 8.17. The quantitative estimate of drug-likeness (QED) is 0.624. The number of carbonyl (C=O) groups excluding carboxylic acids is 1. The van der Waals surface area contributed by atoms with Crippen LogP contribution >= 0.6 is 39.0 Å². The van der Waals surface area contributed by atoms with Crippen molar-refractivity contribution in [1.29, 1.82) is 0 Å². The highest BCUT2D eigenvalue weighted by atomic mass is 79.9. The first kappa shape index (κ1) is 18.2. The molecule has 0 bridgehead atoms. The number of aromatic nitrogens is 2. The van der Waals surface area contributed by atoms with E-state index in [4.69, 9.17) is 0 Å². The van der Waals surface area contributed by atoms with Crippen molar-refractivity contribution in [3.05, 3.63) is 28.7 Å². The van der Waals surface area contributed by atoms with Gasteiger partial charge in [-0.25, -0.2) is 0 Å². The van der Waals surface area contributed by atoms with Crippen LogP contribution < -0.4 is 10.6 Å². The van der Waals surface area contributed by atoms with Crippen LogP contribution in [0.1, 0.15) is 26.7 Å². The summed E-state index contributed by atoms with van der Waals surface area (Å²) in [5.41, 5.74) is 0.943. The molecule has 2 rings (SSSR count). The van der Waals surface area contributed by atoms with Crippen LogP contribution in [0.2, 0.25) is 0 Å². The molecule has 0 spiro atoms. The summed E-state index contributed by atoms with van der Waals surface area (Å²) in [4.78, 5) is 11.8. The van der Waals surface area contributed by atoms with E-state index in [-0.39, 0.29) is 11.9 Å². The van der Waals surface area contributed by atoms with E-state index in [2.05, 4.69) is 43.7 Å². The number of amides is 1. The van der Waals surface area contributed by atoms with Crippen LogP contribution in [0, 0.1) is 0 Å². The van der Waals surface area contributed by atoms with Crippen molar-refractivity contribution in [2.75, 3.05) is 11.1 Å². The molecule has 1 aromatic carbocycles. The van der Waals surface area contributed by atoms with E-state index in [1.54, 1.807) is 0 Å². The van der Waals surface area contributed by atoms with Gasteiger partial charge in [-0.15, -0.1) is 10.2 Å². The van der Waals surface area contributed by atoms with Crippen molar-refractivity contribution in [2.45, 2.75) is 37.1 Å². The van der Waals surface area contributed by atoms with Crippen molar-refractivity contribution in [3.63, 3.8) is 0 Å². The number of hydrogen-bond acceptors (Lipinski definition) is 6. The van der Waals surface area contributed by atoms with Crippen molar-refractivity contribution in [3.8, 4) is 0 Å². The van der Waals surface area contributed by atoms with Crippen LogP contribution in [0.4, 0.5) is 10.8 Å². The maximum atomic E-state index is 11.8. The summed E-state index contributed by atoms with van der Waals surface area (Å²) < 4.78 is 1.78. The molecular formula is C15H19BrN4OS2. The Kier molecular flexibility index (Phi) is 7.32. The molecule has 0 saturated carbocycles. The lowest BCUT2D eigenvalue weighted by molar-refractivity contribution is -0.119. The van der Waals surface area contributed by atoms with Gasteiger partial charge in [0, 0.05) is 16.2 Å². The third kappa shape index (κ3) is 6.48. The molecule has 1 aromatic heterocycles. The Morgan fingerprint density at radius 3 is 3.00 bits per heavy atom. The van der Waals surface area contributed by atoms with Gasteiger partial charge in [0.15, 0.2) is 4.34 Å². The third-order valence-electron chi connectivity index (χ3n) is 2.94. The number of benzene rings is 1. The average molecular weight is 415 g/mol. The van der Waals surface area contributed by atoms with E-state index in [0.29, 0.717) is 10.9 Å². The van der Waals surface area contributed by atoms with Gasteiger partial charge < -0.3 is 10.6 Å². The molecule has 5 nitrogen and oxygen atoms in total. The Morgan fingerprint density at radius 1 is 1.43 bits per heavy atom. The molecule has 1 amide bonds. The normalized spacial score (nSPS) is 12.0. The topological polar surface area (TPSA) is 66.9 Å². The zero-order valence-corrected chi connectivity index (χ0v) is 16.2. The van der Waals surface area contributed by atoms with E-state index >= 15 is 0 Å². The molecule has 0 saturated heterocycles. The van der Waals surface area contributed by atoms with Crippen LogP contribution in [0.5, 0.6) is 0 Å². The lowest BCUT2D eigenvalue weighted by Crippen LogP contribution is -2.33. The monoisotopic (exact) mass is 414 g/mol. The summed E-state index contributed by atoms with van der Waals surface area (Å²) in [5, 5.41) is 15.1. The molecule has 124 valence electrons. The highest BCUT2D eigenvalue weighted by Gasteiger charge is 2.10. The minimum Gasteiger partial charge on any atom is -0.353 e. The highest BCUT2D eigenvalue weighted by Crippen LogP contribution is 2.28. The lowest BCUT2D eigenvalue weighted by atomic mass is 10.2. The van der Waals surface area contributed by atoms with E-state index < -0.39 is 0 Å². The maximum Gasteiger partial charge on any atom is 0.230 e. The molecule has 0 aliphatic rings. The Hall–Kier alpha value is -1.12. The first-order chi connectivity index (χ1) is 11.1.